The molecule has 3 aromatic carbocycles. The van der Waals surface area contributed by atoms with E-state index in [1.807, 2.05) is 61.5 Å². The van der Waals surface area contributed by atoms with E-state index in [-0.39, 0.29) is 18.1 Å². The summed E-state index contributed by atoms with van der Waals surface area (Å²) in [5.41, 5.74) is 5.71. The summed E-state index contributed by atoms with van der Waals surface area (Å²) in [4.78, 5) is 29.6. The highest BCUT2D eigenvalue weighted by Gasteiger charge is 2.18. The van der Waals surface area contributed by atoms with Crippen molar-refractivity contribution in [3.8, 4) is 11.1 Å². The van der Waals surface area contributed by atoms with Gasteiger partial charge in [-0.2, -0.15) is 0 Å². The number of Topliss-reactive ketones (excluding diaryl/α,β-unsaturated/α-hetero) is 1. The minimum atomic E-state index is -0.180. The Morgan fingerprint density at radius 3 is 2.30 bits per heavy atom. The molecule has 1 aromatic heterocycles. The van der Waals surface area contributed by atoms with Crippen molar-refractivity contribution >= 4 is 28.3 Å². The molecule has 0 spiro atoms. The number of anilines is 1. The Balaban J connectivity index is 1.77. The number of rotatable bonds is 5. The maximum atomic E-state index is 13.0. The van der Waals surface area contributed by atoms with E-state index in [4.69, 9.17) is 4.98 Å². The fraction of sp³-hybridized carbons (Fsp3) is 0.115. The van der Waals surface area contributed by atoms with Gasteiger partial charge in [-0.1, -0.05) is 60.7 Å². The van der Waals surface area contributed by atoms with E-state index in [9.17, 15) is 9.59 Å². The SMILES string of the molecule is CC(=O)c1ccccc1NC(=O)Cc1c(C)nc2ccccc2c1-c1ccccc1. The molecule has 4 rings (SSSR count). The largest absolute Gasteiger partial charge is 0.325 e. The van der Waals surface area contributed by atoms with Gasteiger partial charge < -0.3 is 5.32 Å². The molecule has 148 valence electrons. The van der Waals surface area contributed by atoms with Crippen molar-refractivity contribution in [1.29, 1.82) is 0 Å². The third kappa shape index (κ3) is 3.85. The third-order valence-corrected chi connectivity index (χ3v) is 5.18. The summed E-state index contributed by atoms with van der Waals surface area (Å²) in [5, 5.41) is 3.92. The molecule has 4 heteroatoms. The Morgan fingerprint density at radius 1 is 0.867 bits per heavy atom. The van der Waals surface area contributed by atoms with E-state index < -0.39 is 0 Å². The van der Waals surface area contributed by atoms with Crippen LogP contribution in [0.4, 0.5) is 5.69 Å². The van der Waals surface area contributed by atoms with Crippen molar-refractivity contribution in [1.82, 2.24) is 4.98 Å². The zero-order valence-electron chi connectivity index (χ0n) is 17.0. The second-order valence-corrected chi connectivity index (χ2v) is 7.26. The number of nitrogens with one attached hydrogen (secondary N) is 1. The number of aromatic nitrogens is 1. The number of fused-ring (bicyclic) bond motifs is 1. The number of ketones is 1. The normalized spacial score (nSPS) is 10.7. The lowest BCUT2D eigenvalue weighted by Crippen LogP contribution is -2.18. The van der Waals surface area contributed by atoms with Gasteiger partial charge in [0.05, 0.1) is 17.6 Å². The topological polar surface area (TPSA) is 59.1 Å². The number of para-hydroxylation sites is 2. The Labute approximate surface area is 175 Å². The number of carbonyl (C=O) groups excluding carboxylic acids is 2. The minimum absolute atomic E-state index is 0.0839. The first-order valence-corrected chi connectivity index (χ1v) is 9.88. The first kappa shape index (κ1) is 19.5. The number of benzene rings is 3. The first-order valence-electron chi connectivity index (χ1n) is 9.88. The predicted octanol–water partition coefficient (Wildman–Crippen LogP) is 5.59. The Kier molecular flexibility index (Phi) is 5.40. The van der Waals surface area contributed by atoms with Crippen LogP contribution in [0.15, 0.2) is 78.9 Å². The van der Waals surface area contributed by atoms with Crippen LogP contribution in [0.3, 0.4) is 0 Å². The van der Waals surface area contributed by atoms with Crippen molar-refractivity contribution in [3.05, 3.63) is 95.7 Å². The van der Waals surface area contributed by atoms with Gasteiger partial charge in [0.1, 0.15) is 0 Å². The molecule has 0 bridgehead atoms. The van der Waals surface area contributed by atoms with Gasteiger partial charge in [0.15, 0.2) is 5.78 Å². The Hall–Kier alpha value is -3.79. The lowest BCUT2D eigenvalue weighted by Gasteiger charge is -2.16. The van der Waals surface area contributed by atoms with Crippen LogP contribution < -0.4 is 5.32 Å². The first-order chi connectivity index (χ1) is 14.5. The van der Waals surface area contributed by atoms with E-state index >= 15 is 0 Å². The average molecular weight is 394 g/mol. The predicted molar refractivity (Wildman–Crippen MR) is 121 cm³/mol. The molecule has 0 atom stereocenters. The van der Waals surface area contributed by atoms with Gasteiger partial charge in [0.2, 0.25) is 5.91 Å². The highest BCUT2D eigenvalue weighted by atomic mass is 16.1. The average Bonchev–Trinajstić information content (AvgIpc) is 2.75. The van der Waals surface area contributed by atoms with Crippen molar-refractivity contribution in [2.45, 2.75) is 20.3 Å². The molecule has 4 nitrogen and oxygen atoms in total. The quantitative estimate of drug-likeness (QED) is 0.449. The summed E-state index contributed by atoms with van der Waals surface area (Å²) in [6.07, 6.45) is 0.167. The monoisotopic (exact) mass is 394 g/mol. The summed E-state index contributed by atoms with van der Waals surface area (Å²) in [5.74, 6) is -0.263. The zero-order chi connectivity index (χ0) is 21.1. The number of hydrogen-bond acceptors (Lipinski definition) is 3. The van der Waals surface area contributed by atoms with Gasteiger partial charge in [-0.25, -0.2) is 0 Å². The molecule has 4 aromatic rings. The van der Waals surface area contributed by atoms with Crippen molar-refractivity contribution in [2.75, 3.05) is 5.32 Å². The number of aryl methyl sites for hydroxylation is 1. The van der Waals surface area contributed by atoms with E-state index in [0.29, 0.717) is 11.3 Å². The number of carbonyl (C=O) groups is 2. The van der Waals surface area contributed by atoms with Crippen molar-refractivity contribution in [2.24, 2.45) is 0 Å². The summed E-state index contributed by atoms with van der Waals surface area (Å²) < 4.78 is 0. The van der Waals surface area contributed by atoms with Crippen LogP contribution in [0.1, 0.15) is 28.5 Å². The van der Waals surface area contributed by atoms with Gasteiger partial charge in [-0.15, -0.1) is 0 Å². The van der Waals surface area contributed by atoms with E-state index in [1.165, 1.54) is 6.92 Å². The molecule has 1 amide bonds. The van der Waals surface area contributed by atoms with Crippen LogP contribution in [-0.2, 0) is 11.2 Å². The molecule has 0 saturated heterocycles. The molecular formula is C26H22N2O2. The molecule has 0 radical (unpaired) electrons. The van der Waals surface area contributed by atoms with E-state index in [0.717, 1.165) is 33.3 Å². The molecule has 0 saturated carbocycles. The molecule has 0 aliphatic rings. The fourth-order valence-electron chi connectivity index (χ4n) is 3.78. The summed E-state index contributed by atoms with van der Waals surface area (Å²) in [7, 11) is 0. The van der Waals surface area contributed by atoms with Crippen LogP contribution in [-0.4, -0.2) is 16.7 Å². The van der Waals surface area contributed by atoms with Crippen LogP contribution in [0.25, 0.3) is 22.0 Å². The molecule has 1 heterocycles. The smallest absolute Gasteiger partial charge is 0.228 e. The van der Waals surface area contributed by atoms with Crippen molar-refractivity contribution in [3.63, 3.8) is 0 Å². The zero-order valence-corrected chi connectivity index (χ0v) is 17.0. The number of hydrogen-bond donors (Lipinski definition) is 1. The summed E-state index contributed by atoms with van der Waals surface area (Å²) in [6.45, 7) is 3.43. The maximum absolute atomic E-state index is 13.0. The standard InChI is InChI=1S/C26H22N2O2/c1-17-22(16-25(30)28-23-14-8-6-12-20(23)18(2)29)26(19-10-4-3-5-11-19)21-13-7-9-15-24(21)27-17/h3-15H,16H2,1-2H3,(H,28,30). The molecule has 0 aliphatic carbocycles. The molecular weight excluding hydrogens is 372 g/mol. The Bertz CT molecular complexity index is 1250. The van der Waals surface area contributed by atoms with Gasteiger partial charge in [0, 0.05) is 16.6 Å². The molecule has 1 N–H and O–H groups in total. The lowest BCUT2D eigenvalue weighted by molar-refractivity contribution is -0.115. The minimum Gasteiger partial charge on any atom is -0.325 e. The van der Waals surface area contributed by atoms with E-state index in [1.54, 1.807) is 24.3 Å². The molecule has 0 aliphatic heterocycles. The maximum Gasteiger partial charge on any atom is 0.228 e. The summed E-state index contributed by atoms with van der Waals surface area (Å²) >= 11 is 0. The summed E-state index contributed by atoms with van der Waals surface area (Å²) in [6, 6.07) is 25.1. The third-order valence-electron chi connectivity index (χ3n) is 5.18. The van der Waals surface area contributed by atoms with Crippen LogP contribution in [0.5, 0.6) is 0 Å². The number of nitrogens with zero attached hydrogens (tertiary/aromatic N) is 1. The van der Waals surface area contributed by atoms with Crippen molar-refractivity contribution < 1.29 is 9.59 Å². The number of amides is 1. The van der Waals surface area contributed by atoms with Crippen LogP contribution in [0.2, 0.25) is 0 Å². The van der Waals surface area contributed by atoms with Crippen LogP contribution >= 0.6 is 0 Å². The molecule has 0 unspecified atom stereocenters. The second kappa shape index (κ2) is 8.29. The van der Waals surface area contributed by atoms with Gasteiger partial charge in [-0.05, 0) is 48.7 Å². The molecule has 30 heavy (non-hydrogen) atoms. The highest BCUT2D eigenvalue weighted by molar-refractivity contribution is 6.05. The fourth-order valence-corrected chi connectivity index (χ4v) is 3.78. The lowest BCUT2D eigenvalue weighted by atomic mass is 9.92. The second-order valence-electron chi connectivity index (χ2n) is 7.26. The highest BCUT2D eigenvalue weighted by Crippen LogP contribution is 2.33. The number of pyridine rings is 1. The van der Waals surface area contributed by atoms with Gasteiger partial charge >= 0.3 is 0 Å². The molecule has 0 fully saturated rings. The van der Waals surface area contributed by atoms with E-state index in [2.05, 4.69) is 5.32 Å². The van der Waals surface area contributed by atoms with Crippen LogP contribution in [0, 0.1) is 6.92 Å². The van der Waals surface area contributed by atoms with Gasteiger partial charge in [0.25, 0.3) is 0 Å². The van der Waals surface area contributed by atoms with Gasteiger partial charge in [-0.3, -0.25) is 14.6 Å². The Morgan fingerprint density at radius 2 is 1.53 bits per heavy atom.